The van der Waals surface area contributed by atoms with E-state index in [4.69, 9.17) is 16.3 Å². The highest BCUT2D eigenvalue weighted by atomic mass is 35.5. The molecule has 0 aliphatic heterocycles. The minimum Gasteiger partial charge on any atom is -0.454 e. The number of nitrogens with one attached hydrogen (secondary N) is 1. The predicted molar refractivity (Wildman–Crippen MR) is 127 cm³/mol. The maximum atomic E-state index is 12.7. The van der Waals surface area contributed by atoms with Gasteiger partial charge in [-0.15, -0.1) is 0 Å². The number of halogens is 1. The van der Waals surface area contributed by atoms with Crippen LogP contribution in [0.5, 0.6) is 0 Å². The van der Waals surface area contributed by atoms with E-state index in [-0.39, 0.29) is 33.3 Å². The highest BCUT2D eigenvalue weighted by Gasteiger charge is 2.21. The molecule has 1 heterocycles. The zero-order valence-corrected chi connectivity index (χ0v) is 19.5. The molecule has 0 aliphatic rings. The summed E-state index contributed by atoms with van der Waals surface area (Å²) in [6.07, 6.45) is 0. The number of ketones is 1. The van der Waals surface area contributed by atoms with Crippen LogP contribution >= 0.6 is 11.6 Å². The van der Waals surface area contributed by atoms with Gasteiger partial charge in [0.2, 0.25) is 5.78 Å². The first kappa shape index (κ1) is 24.7. The van der Waals surface area contributed by atoms with Gasteiger partial charge in [0.05, 0.1) is 26.8 Å². The van der Waals surface area contributed by atoms with E-state index in [0.717, 1.165) is 30.1 Å². The zero-order chi connectivity index (χ0) is 25.0. The summed E-state index contributed by atoms with van der Waals surface area (Å²) in [6.45, 7) is 5.97. The monoisotopic (exact) mass is 483 g/mol. The topological polar surface area (TPSA) is 121 Å². The Morgan fingerprint density at radius 1 is 1.06 bits per heavy atom. The van der Waals surface area contributed by atoms with Gasteiger partial charge in [-0.05, 0) is 45.0 Å². The molecular weight excluding hydrogens is 462 g/mol. The summed E-state index contributed by atoms with van der Waals surface area (Å²) in [7, 11) is 0. The molecule has 2 aromatic carbocycles. The molecule has 0 saturated carbocycles. The van der Waals surface area contributed by atoms with Crippen LogP contribution in [0, 0.1) is 24.0 Å². The summed E-state index contributed by atoms with van der Waals surface area (Å²) in [6, 6.07) is 11.3. The van der Waals surface area contributed by atoms with E-state index in [1.165, 1.54) is 18.2 Å². The Balaban J connectivity index is 1.73. The molecule has 176 valence electrons. The standard InChI is InChI=1S/C24H22ClN3O6/c1-4-27-14(2)11-19(15(27)3)22(29)13-34-24(31)18-7-5-6-8-21(18)26-23(30)17-10-9-16(28(32)33)12-20(17)25/h5-12H,4,13H2,1-3H3,(H,26,30). The highest BCUT2D eigenvalue weighted by molar-refractivity contribution is 6.34. The number of ether oxygens (including phenoxy) is 1. The van der Waals surface area contributed by atoms with Crippen LogP contribution in [-0.4, -0.2) is 33.8 Å². The van der Waals surface area contributed by atoms with Gasteiger partial charge in [0.15, 0.2) is 6.61 Å². The number of nitrogens with zero attached hydrogens (tertiary/aromatic N) is 2. The van der Waals surface area contributed by atoms with E-state index in [2.05, 4.69) is 5.32 Å². The number of nitro benzene ring substituents is 1. The Kier molecular flexibility index (Phi) is 7.47. The van der Waals surface area contributed by atoms with Crippen molar-refractivity contribution in [2.24, 2.45) is 0 Å². The fourth-order valence-electron chi connectivity index (χ4n) is 3.62. The SMILES string of the molecule is CCn1c(C)cc(C(=O)COC(=O)c2ccccc2NC(=O)c2ccc([N+](=O)[O-])cc2Cl)c1C. The van der Waals surface area contributed by atoms with Crippen molar-refractivity contribution >= 4 is 40.6 Å². The van der Waals surface area contributed by atoms with E-state index >= 15 is 0 Å². The molecule has 3 aromatic rings. The number of non-ortho nitro benzene ring substituents is 1. The molecule has 0 radical (unpaired) electrons. The summed E-state index contributed by atoms with van der Waals surface area (Å²) in [5.41, 5.74) is 2.15. The van der Waals surface area contributed by atoms with Crippen molar-refractivity contribution in [2.75, 3.05) is 11.9 Å². The Hall–Kier alpha value is -3.98. The predicted octanol–water partition coefficient (Wildman–Crippen LogP) is 4.98. The van der Waals surface area contributed by atoms with Crippen molar-refractivity contribution in [2.45, 2.75) is 27.3 Å². The van der Waals surface area contributed by atoms with Crippen LogP contribution in [0.4, 0.5) is 11.4 Å². The lowest BCUT2D eigenvalue weighted by Gasteiger charge is -2.11. The molecule has 0 atom stereocenters. The van der Waals surface area contributed by atoms with Crippen LogP contribution in [0.25, 0.3) is 0 Å². The number of carbonyl (C=O) groups excluding carboxylic acids is 3. The molecule has 0 spiro atoms. The van der Waals surface area contributed by atoms with Crippen molar-refractivity contribution < 1.29 is 24.0 Å². The highest BCUT2D eigenvalue weighted by Crippen LogP contribution is 2.25. The molecule has 9 nitrogen and oxygen atoms in total. The third-order valence-electron chi connectivity index (χ3n) is 5.33. The number of para-hydroxylation sites is 1. The van der Waals surface area contributed by atoms with Gasteiger partial charge in [-0.25, -0.2) is 4.79 Å². The average Bonchev–Trinajstić information content (AvgIpc) is 3.10. The second kappa shape index (κ2) is 10.3. The molecule has 1 aromatic heterocycles. The van der Waals surface area contributed by atoms with Crippen LogP contribution in [0.1, 0.15) is 49.4 Å². The third-order valence-corrected chi connectivity index (χ3v) is 5.64. The Labute approximate surface area is 200 Å². The minimum absolute atomic E-state index is 0.00287. The van der Waals surface area contributed by atoms with Gasteiger partial charge in [-0.3, -0.25) is 19.7 Å². The number of nitro groups is 1. The molecule has 1 N–H and O–H groups in total. The fourth-order valence-corrected chi connectivity index (χ4v) is 3.88. The molecule has 0 aliphatic carbocycles. The number of amides is 1. The number of rotatable bonds is 8. The Morgan fingerprint density at radius 2 is 1.76 bits per heavy atom. The second-order valence-electron chi connectivity index (χ2n) is 7.45. The largest absolute Gasteiger partial charge is 0.454 e. The number of aromatic nitrogens is 1. The first-order valence-electron chi connectivity index (χ1n) is 10.3. The molecule has 1 amide bonds. The third kappa shape index (κ3) is 5.15. The quantitative estimate of drug-likeness (QED) is 0.209. The summed E-state index contributed by atoms with van der Waals surface area (Å²) in [5, 5.41) is 13.3. The number of aryl methyl sites for hydroxylation is 1. The Morgan fingerprint density at radius 3 is 2.38 bits per heavy atom. The fraction of sp³-hybridized carbons (Fsp3) is 0.208. The molecule has 3 rings (SSSR count). The maximum absolute atomic E-state index is 12.7. The molecule has 0 unspecified atom stereocenters. The summed E-state index contributed by atoms with van der Waals surface area (Å²) in [5.74, 6) is -1.79. The number of Topliss-reactive ketones (excluding diaryl/α,β-unsaturated/α-hetero) is 1. The van der Waals surface area contributed by atoms with Gasteiger partial charge in [0.25, 0.3) is 11.6 Å². The van der Waals surface area contributed by atoms with Gasteiger partial charge in [-0.1, -0.05) is 23.7 Å². The normalized spacial score (nSPS) is 10.6. The van der Waals surface area contributed by atoms with Crippen molar-refractivity contribution in [1.82, 2.24) is 4.57 Å². The summed E-state index contributed by atoms with van der Waals surface area (Å²) >= 11 is 6.02. The first-order valence-corrected chi connectivity index (χ1v) is 10.7. The van der Waals surface area contributed by atoms with Gasteiger partial charge < -0.3 is 14.6 Å². The van der Waals surface area contributed by atoms with E-state index in [0.29, 0.717) is 5.56 Å². The van der Waals surface area contributed by atoms with Gasteiger partial charge in [0, 0.05) is 35.6 Å². The average molecular weight is 484 g/mol. The maximum Gasteiger partial charge on any atom is 0.340 e. The van der Waals surface area contributed by atoms with Crippen molar-refractivity contribution in [1.29, 1.82) is 0 Å². The lowest BCUT2D eigenvalue weighted by molar-refractivity contribution is -0.384. The second-order valence-corrected chi connectivity index (χ2v) is 7.86. The van der Waals surface area contributed by atoms with Crippen LogP contribution in [0.2, 0.25) is 5.02 Å². The van der Waals surface area contributed by atoms with E-state index < -0.39 is 23.4 Å². The van der Waals surface area contributed by atoms with Gasteiger partial charge >= 0.3 is 5.97 Å². The molecular formula is C24H22ClN3O6. The first-order chi connectivity index (χ1) is 16.1. The van der Waals surface area contributed by atoms with Crippen LogP contribution in [0.3, 0.4) is 0 Å². The van der Waals surface area contributed by atoms with Crippen LogP contribution in [-0.2, 0) is 11.3 Å². The number of benzene rings is 2. The number of carbonyl (C=O) groups is 3. The molecule has 0 saturated heterocycles. The lowest BCUT2D eigenvalue weighted by Crippen LogP contribution is -2.18. The summed E-state index contributed by atoms with van der Waals surface area (Å²) < 4.78 is 7.22. The van der Waals surface area contributed by atoms with E-state index in [1.807, 2.05) is 25.3 Å². The van der Waals surface area contributed by atoms with Crippen LogP contribution < -0.4 is 5.32 Å². The molecule has 10 heteroatoms. The number of esters is 1. The lowest BCUT2D eigenvalue weighted by atomic mass is 10.1. The summed E-state index contributed by atoms with van der Waals surface area (Å²) in [4.78, 5) is 48.2. The van der Waals surface area contributed by atoms with Gasteiger partial charge in [0.1, 0.15) is 0 Å². The van der Waals surface area contributed by atoms with Crippen molar-refractivity contribution in [3.63, 3.8) is 0 Å². The molecule has 0 fully saturated rings. The number of hydrogen-bond donors (Lipinski definition) is 1. The van der Waals surface area contributed by atoms with E-state index in [9.17, 15) is 24.5 Å². The molecule has 34 heavy (non-hydrogen) atoms. The van der Waals surface area contributed by atoms with Crippen molar-refractivity contribution in [3.05, 3.63) is 91.7 Å². The van der Waals surface area contributed by atoms with Gasteiger partial charge in [-0.2, -0.15) is 0 Å². The zero-order valence-electron chi connectivity index (χ0n) is 18.8. The smallest absolute Gasteiger partial charge is 0.340 e. The Bertz CT molecular complexity index is 1300. The van der Waals surface area contributed by atoms with E-state index in [1.54, 1.807) is 18.2 Å². The minimum atomic E-state index is -0.789. The number of anilines is 1. The number of hydrogen-bond acceptors (Lipinski definition) is 6. The van der Waals surface area contributed by atoms with Crippen LogP contribution in [0.15, 0.2) is 48.5 Å². The molecule has 0 bridgehead atoms. The van der Waals surface area contributed by atoms with Crippen molar-refractivity contribution in [3.8, 4) is 0 Å².